The summed E-state index contributed by atoms with van der Waals surface area (Å²) >= 11 is 0. The van der Waals surface area contributed by atoms with Crippen LogP contribution in [-0.4, -0.2) is 20.6 Å². The summed E-state index contributed by atoms with van der Waals surface area (Å²) < 4.78 is 23.2. The number of benzene rings is 2. The van der Waals surface area contributed by atoms with Crippen molar-refractivity contribution in [3.05, 3.63) is 59.2 Å². The first-order valence-corrected chi connectivity index (χ1v) is 8.39. The van der Waals surface area contributed by atoms with Crippen LogP contribution in [0.5, 0.6) is 0 Å². The van der Waals surface area contributed by atoms with Gasteiger partial charge in [-0.1, -0.05) is 18.1 Å². The van der Waals surface area contributed by atoms with Gasteiger partial charge in [0.05, 0.1) is 4.90 Å². The quantitative estimate of drug-likeness (QED) is 0.886. The minimum Gasteiger partial charge on any atom is -0.322 e. The van der Waals surface area contributed by atoms with E-state index in [-0.39, 0.29) is 10.8 Å². The van der Waals surface area contributed by atoms with Gasteiger partial charge in [0.2, 0.25) is 0 Å². The maximum Gasteiger partial charge on any atom is 0.255 e. The average Bonchev–Trinajstić information content (AvgIpc) is 2.46. The molecule has 0 fully saturated rings. The molecule has 4 nitrogen and oxygen atoms in total. The molecule has 0 bridgehead atoms. The van der Waals surface area contributed by atoms with Crippen molar-refractivity contribution in [1.29, 1.82) is 0 Å². The zero-order valence-electron chi connectivity index (χ0n) is 12.3. The number of hydrogen-bond donors (Lipinski definition) is 1. The van der Waals surface area contributed by atoms with Crippen LogP contribution < -0.4 is 5.32 Å². The molecule has 22 heavy (non-hydrogen) atoms. The molecule has 0 saturated heterocycles. The van der Waals surface area contributed by atoms with Gasteiger partial charge in [-0.15, -0.1) is 6.42 Å². The summed E-state index contributed by atoms with van der Waals surface area (Å²) in [7, 11) is -3.37. The molecule has 0 aliphatic rings. The summed E-state index contributed by atoms with van der Waals surface area (Å²) in [5, 5.41) is 2.72. The Morgan fingerprint density at radius 1 is 1.18 bits per heavy atom. The highest BCUT2D eigenvalue weighted by Crippen LogP contribution is 2.18. The molecule has 2 aromatic carbocycles. The van der Waals surface area contributed by atoms with Gasteiger partial charge in [0.1, 0.15) is 0 Å². The van der Waals surface area contributed by atoms with Gasteiger partial charge < -0.3 is 5.32 Å². The van der Waals surface area contributed by atoms with E-state index in [0.717, 1.165) is 6.26 Å². The number of rotatable bonds is 3. The van der Waals surface area contributed by atoms with E-state index < -0.39 is 9.84 Å². The number of carbonyl (C=O) groups is 1. The van der Waals surface area contributed by atoms with Gasteiger partial charge in [-0.2, -0.15) is 0 Å². The van der Waals surface area contributed by atoms with Crippen molar-refractivity contribution in [3.63, 3.8) is 0 Å². The highest BCUT2D eigenvalue weighted by Gasteiger charge is 2.14. The number of nitrogens with one attached hydrogen (secondary N) is 1. The van der Waals surface area contributed by atoms with Crippen LogP contribution in [0.1, 0.15) is 21.5 Å². The summed E-state index contributed by atoms with van der Waals surface area (Å²) in [5.74, 6) is 2.11. The number of anilines is 1. The first-order valence-electron chi connectivity index (χ1n) is 6.50. The van der Waals surface area contributed by atoms with E-state index in [4.69, 9.17) is 6.42 Å². The summed E-state index contributed by atoms with van der Waals surface area (Å²) in [6.07, 6.45) is 6.43. The number of carbonyl (C=O) groups excluding carboxylic acids is 1. The van der Waals surface area contributed by atoms with Gasteiger partial charge in [0, 0.05) is 23.1 Å². The zero-order valence-corrected chi connectivity index (χ0v) is 13.1. The van der Waals surface area contributed by atoms with E-state index in [2.05, 4.69) is 11.2 Å². The molecule has 1 N–H and O–H groups in total. The van der Waals surface area contributed by atoms with Crippen LogP contribution in [0.15, 0.2) is 47.4 Å². The SMILES string of the molecule is C#Cc1cccc(NC(=O)c2cc(S(C)(=O)=O)ccc2C)c1. The molecule has 2 aromatic rings. The molecular weight excluding hydrogens is 298 g/mol. The lowest BCUT2D eigenvalue weighted by atomic mass is 10.1. The second-order valence-electron chi connectivity index (χ2n) is 4.93. The lowest BCUT2D eigenvalue weighted by Crippen LogP contribution is -2.14. The van der Waals surface area contributed by atoms with E-state index in [9.17, 15) is 13.2 Å². The van der Waals surface area contributed by atoms with Crippen LogP contribution in [0.4, 0.5) is 5.69 Å². The van der Waals surface area contributed by atoms with Gasteiger partial charge in [0.25, 0.3) is 5.91 Å². The minimum absolute atomic E-state index is 0.112. The fourth-order valence-corrected chi connectivity index (χ4v) is 2.61. The van der Waals surface area contributed by atoms with Gasteiger partial charge >= 0.3 is 0 Å². The lowest BCUT2D eigenvalue weighted by Gasteiger charge is -2.09. The number of hydrogen-bond acceptors (Lipinski definition) is 3. The fourth-order valence-electron chi connectivity index (χ4n) is 1.96. The average molecular weight is 313 g/mol. The molecule has 0 aromatic heterocycles. The van der Waals surface area contributed by atoms with Crippen molar-refractivity contribution < 1.29 is 13.2 Å². The van der Waals surface area contributed by atoms with Crippen LogP contribution in [0.25, 0.3) is 0 Å². The standard InChI is InChI=1S/C17H15NO3S/c1-4-13-6-5-7-14(10-13)18-17(19)16-11-15(22(3,20)21)9-8-12(16)2/h1,5-11H,2-3H3,(H,18,19). The second-order valence-corrected chi connectivity index (χ2v) is 6.94. The number of amides is 1. The van der Waals surface area contributed by atoms with Crippen molar-refractivity contribution in [3.8, 4) is 12.3 Å². The summed E-state index contributed by atoms with van der Waals surface area (Å²) in [4.78, 5) is 12.5. The molecule has 0 radical (unpaired) electrons. The van der Waals surface area contributed by atoms with Crippen LogP contribution in [0, 0.1) is 19.3 Å². The maximum atomic E-state index is 12.4. The number of terminal acetylenes is 1. The van der Waals surface area contributed by atoms with Gasteiger partial charge in [0.15, 0.2) is 9.84 Å². The van der Waals surface area contributed by atoms with Gasteiger partial charge in [-0.05, 0) is 42.8 Å². The maximum absolute atomic E-state index is 12.4. The molecule has 0 aliphatic carbocycles. The molecule has 0 atom stereocenters. The molecule has 1 amide bonds. The lowest BCUT2D eigenvalue weighted by molar-refractivity contribution is 0.102. The molecular formula is C17H15NO3S. The van der Waals surface area contributed by atoms with E-state index in [1.54, 1.807) is 37.3 Å². The summed E-state index contributed by atoms with van der Waals surface area (Å²) in [6, 6.07) is 11.4. The molecule has 112 valence electrons. The Balaban J connectivity index is 2.35. The Morgan fingerprint density at radius 3 is 2.55 bits per heavy atom. The monoisotopic (exact) mass is 313 g/mol. The summed E-state index contributed by atoms with van der Waals surface area (Å²) in [5.41, 5.74) is 2.22. The third-order valence-electron chi connectivity index (χ3n) is 3.17. The minimum atomic E-state index is -3.37. The van der Waals surface area contributed by atoms with E-state index >= 15 is 0 Å². The Labute approximate surface area is 130 Å². The fraction of sp³-hybridized carbons (Fsp3) is 0.118. The molecule has 0 spiro atoms. The van der Waals surface area contributed by atoms with E-state index in [0.29, 0.717) is 22.4 Å². The summed E-state index contributed by atoms with van der Waals surface area (Å²) in [6.45, 7) is 1.75. The van der Waals surface area contributed by atoms with Crippen LogP contribution in [0.2, 0.25) is 0 Å². The van der Waals surface area contributed by atoms with Crippen LogP contribution in [0.3, 0.4) is 0 Å². The highest BCUT2D eigenvalue weighted by atomic mass is 32.2. The normalized spacial score (nSPS) is 10.8. The van der Waals surface area contributed by atoms with Gasteiger partial charge in [-0.3, -0.25) is 4.79 Å². The Morgan fingerprint density at radius 2 is 1.91 bits per heavy atom. The van der Waals surface area contributed by atoms with Crippen molar-refractivity contribution in [2.45, 2.75) is 11.8 Å². The molecule has 0 heterocycles. The number of aryl methyl sites for hydroxylation is 1. The van der Waals surface area contributed by atoms with E-state index in [1.165, 1.54) is 12.1 Å². The Bertz CT molecular complexity index is 877. The first kappa shape index (κ1) is 15.8. The topological polar surface area (TPSA) is 63.2 Å². The van der Waals surface area contributed by atoms with Crippen molar-refractivity contribution >= 4 is 21.4 Å². The Kier molecular flexibility index (Phi) is 4.34. The van der Waals surface area contributed by atoms with Crippen molar-refractivity contribution in [2.75, 3.05) is 11.6 Å². The third kappa shape index (κ3) is 3.54. The molecule has 0 aliphatic heterocycles. The molecule has 0 unspecified atom stereocenters. The van der Waals surface area contributed by atoms with Crippen molar-refractivity contribution in [1.82, 2.24) is 0 Å². The highest BCUT2D eigenvalue weighted by molar-refractivity contribution is 7.90. The largest absolute Gasteiger partial charge is 0.322 e. The van der Waals surface area contributed by atoms with Crippen LogP contribution in [-0.2, 0) is 9.84 Å². The molecule has 2 rings (SSSR count). The smallest absolute Gasteiger partial charge is 0.255 e. The van der Waals surface area contributed by atoms with Crippen molar-refractivity contribution in [2.24, 2.45) is 0 Å². The Hall–Kier alpha value is -2.58. The predicted octanol–water partition coefficient (Wildman–Crippen LogP) is 2.63. The van der Waals surface area contributed by atoms with Gasteiger partial charge in [-0.25, -0.2) is 8.42 Å². The van der Waals surface area contributed by atoms with Crippen LogP contribution >= 0.6 is 0 Å². The zero-order chi connectivity index (χ0) is 16.3. The third-order valence-corrected chi connectivity index (χ3v) is 4.28. The van der Waals surface area contributed by atoms with E-state index in [1.807, 2.05) is 0 Å². The number of sulfone groups is 1. The molecule has 0 saturated carbocycles. The second kappa shape index (κ2) is 6.04. The predicted molar refractivity (Wildman–Crippen MR) is 86.6 cm³/mol. The molecule has 5 heteroatoms. The first-order chi connectivity index (χ1) is 10.3.